The van der Waals surface area contributed by atoms with Crippen LogP contribution in [0.25, 0.3) is 6.08 Å². The number of urea groups is 1. The van der Waals surface area contributed by atoms with Gasteiger partial charge in [-0.15, -0.1) is 0 Å². The predicted octanol–water partition coefficient (Wildman–Crippen LogP) is 4.62. The van der Waals surface area contributed by atoms with Crippen molar-refractivity contribution in [3.63, 3.8) is 0 Å². The molecule has 0 radical (unpaired) electrons. The lowest BCUT2D eigenvalue weighted by Crippen LogP contribution is -2.38. The molecule has 200 valence electrons. The highest BCUT2D eigenvalue weighted by Gasteiger charge is 2.35. The van der Waals surface area contributed by atoms with Crippen molar-refractivity contribution in [1.29, 1.82) is 0 Å². The van der Waals surface area contributed by atoms with E-state index in [9.17, 15) is 28.9 Å². The van der Waals surface area contributed by atoms with Gasteiger partial charge in [-0.25, -0.2) is 14.1 Å². The molecule has 0 aromatic heterocycles. The van der Waals surface area contributed by atoms with Crippen molar-refractivity contribution >= 4 is 51.2 Å². The maximum atomic E-state index is 13.8. The van der Waals surface area contributed by atoms with Crippen LogP contribution in [0.4, 0.5) is 20.6 Å². The average Bonchev–Trinajstić information content (AvgIpc) is 3.16. The molecule has 0 spiro atoms. The Balaban J connectivity index is 1.46. The third kappa shape index (κ3) is 6.38. The Hall–Kier alpha value is -4.78. The van der Waals surface area contributed by atoms with Crippen molar-refractivity contribution in [1.82, 2.24) is 10.2 Å². The molecule has 1 aliphatic heterocycles. The molecule has 3 aromatic carbocycles. The van der Waals surface area contributed by atoms with Gasteiger partial charge >= 0.3 is 6.03 Å². The first-order valence-corrected chi connectivity index (χ1v) is 12.1. The number of non-ortho nitro benzene ring substituents is 1. The molecule has 1 heterocycles. The summed E-state index contributed by atoms with van der Waals surface area (Å²) >= 11 is 3.41. The molecule has 0 saturated carbocycles. The largest absolute Gasteiger partial charge is 0.493 e. The lowest BCUT2D eigenvalue weighted by atomic mass is 10.1. The first-order valence-electron chi connectivity index (χ1n) is 11.3. The molecule has 4 amide bonds. The Labute approximate surface area is 229 Å². The van der Waals surface area contributed by atoms with Crippen LogP contribution in [0, 0.1) is 15.9 Å². The SMILES string of the molecule is COc1cc(/C=C2/NC(=O)N(CC(=O)Nc3ccccc3F)C2=O)cc(Br)c1OCc1ccc([N+](=O)[O-])cc1. The van der Waals surface area contributed by atoms with Crippen LogP contribution >= 0.6 is 15.9 Å². The summed E-state index contributed by atoms with van der Waals surface area (Å²) < 4.78 is 25.5. The number of nitro groups is 1. The summed E-state index contributed by atoms with van der Waals surface area (Å²) in [4.78, 5) is 48.5. The maximum Gasteiger partial charge on any atom is 0.329 e. The van der Waals surface area contributed by atoms with Gasteiger partial charge in [0.15, 0.2) is 11.5 Å². The van der Waals surface area contributed by atoms with Crippen LogP contribution in [0.5, 0.6) is 11.5 Å². The van der Waals surface area contributed by atoms with E-state index < -0.39 is 35.1 Å². The number of hydrogen-bond acceptors (Lipinski definition) is 7. The molecule has 3 aromatic rings. The molecule has 11 nitrogen and oxygen atoms in total. The number of methoxy groups -OCH3 is 1. The van der Waals surface area contributed by atoms with Crippen LogP contribution in [0.1, 0.15) is 11.1 Å². The molecule has 1 fully saturated rings. The number of ether oxygens (including phenoxy) is 2. The number of amides is 4. The number of halogens is 2. The molecular weight excluding hydrogens is 579 g/mol. The number of nitrogens with one attached hydrogen (secondary N) is 2. The average molecular weight is 599 g/mol. The van der Waals surface area contributed by atoms with Gasteiger partial charge in [0.2, 0.25) is 5.91 Å². The van der Waals surface area contributed by atoms with E-state index in [0.29, 0.717) is 32.0 Å². The van der Waals surface area contributed by atoms with Gasteiger partial charge < -0.3 is 20.1 Å². The number of benzene rings is 3. The molecule has 39 heavy (non-hydrogen) atoms. The van der Waals surface area contributed by atoms with Crippen molar-refractivity contribution in [3.8, 4) is 11.5 Å². The van der Waals surface area contributed by atoms with Crippen LogP contribution < -0.4 is 20.1 Å². The fraction of sp³-hybridized carbons (Fsp3) is 0.115. The highest BCUT2D eigenvalue weighted by molar-refractivity contribution is 9.10. The van der Waals surface area contributed by atoms with E-state index >= 15 is 0 Å². The fourth-order valence-electron chi connectivity index (χ4n) is 3.61. The van der Waals surface area contributed by atoms with E-state index in [1.165, 1.54) is 49.6 Å². The van der Waals surface area contributed by atoms with Crippen molar-refractivity contribution < 1.29 is 33.2 Å². The summed E-state index contributed by atoms with van der Waals surface area (Å²) in [6, 6.07) is 13.8. The molecule has 0 aliphatic carbocycles. The van der Waals surface area contributed by atoms with Gasteiger partial charge in [0.05, 0.1) is 22.2 Å². The summed E-state index contributed by atoms with van der Waals surface area (Å²) in [5.74, 6) is -1.47. The molecule has 1 saturated heterocycles. The Morgan fingerprint density at radius 1 is 1.18 bits per heavy atom. The van der Waals surface area contributed by atoms with Crippen molar-refractivity contribution in [2.24, 2.45) is 0 Å². The van der Waals surface area contributed by atoms with Gasteiger partial charge in [-0.1, -0.05) is 12.1 Å². The molecule has 0 bridgehead atoms. The smallest absolute Gasteiger partial charge is 0.329 e. The van der Waals surface area contributed by atoms with E-state index in [-0.39, 0.29) is 23.7 Å². The number of anilines is 1. The van der Waals surface area contributed by atoms with Crippen LogP contribution in [0.2, 0.25) is 0 Å². The zero-order valence-electron chi connectivity index (χ0n) is 20.3. The topological polar surface area (TPSA) is 140 Å². The zero-order valence-corrected chi connectivity index (χ0v) is 21.9. The standard InChI is InChI=1S/C26H20BrFN4O7/c1-38-22-12-16(10-18(27)24(22)39-14-15-6-8-17(9-7-15)32(36)37)11-21-25(34)31(26(35)30-21)13-23(33)29-20-5-3-2-4-19(20)28/h2-12H,13-14H2,1H3,(H,29,33)(H,30,35)/b21-11+. The number of rotatable bonds is 9. The van der Waals surface area contributed by atoms with E-state index in [0.717, 1.165) is 0 Å². The van der Waals surface area contributed by atoms with E-state index in [1.807, 2.05) is 0 Å². The van der Waals surface area contributed by atoms with Gasteiger partial charge in [0, 0.05) is 12.1 Å². The monoisotopic (exact) mass is 598 g/mol. The molecule has 4 rings (SSSR count). The van der Waals surface area contributed by atoms with Crippen LogP contribution in [0.15, 0.2) is 70.8 Å². The maximum absolute atomic E-state index is 13.8. The van der Waals surface area contributed by atoms with Crippen molar-refractivity contribution in [2.75, 3.05) is 19.0 Å². The number of imide groups is 1. The van der Waals surface area contributed by atoms with Crippen molar-refractivity contribution in [3.05, 3.63) is 97.9 Å². The Kier molecular flexibility index (Phi) is 8.20. The third-order valence-electron chi connectivity index (χ3n) is 5.51. The van der Waals surface area contributed by atoms with Crippen LogP contribution in [-0.4, -0.2) is 41.3 Å². The lowest BCUT2D eigenvalue weighted by Gasteiger charge is -2.14. The predicted molar refractivity (Wildman–Crippen MR) is 141 cm³/mol. The Morgan fingerprint density at radius 3 is 2.56 bits per heavy atom. The van der Waals surface area contributed by atoms with E-state index in [4.69, 9.17) is 9.47 Å². The second kappa shape index (κ2) is 11.7. The lowest BCUT2D eigenvalue weighted by molar-refractivity contribution is -0.384. The number of nitro benzene ring substituents is 1. The number of para-hydroxylation sites is 1. The first kappa shape index (κ1) is 27.3. The van der Waals surface area contributed by atoms with Gasteiger partial charge in [0.25, 0.3) is 11.6 Å². The normalized spacial score (nSPS) is 13.8. The molecule has 2 N–H and O–H groups in total. The fourth-order valence-corrected chi connectivity index (χ4v) is 4.18. The quantitative estimate of drug-likeness (QED) is 0.158. The van der Waals surface area contributed by atoms with Gasteiger partial charge in [-0.2, -0.15) is 0 Å². The van der Waals surface area contributed by atoms with Crippen LogP contribution in [-0.2, 0) is 16.2 Å². The minimum absolute atomic E-state index is 0.0345. The molecule has 13 heteroatoms. The number of carbonyl (C=O) groups excluding carboxylic acids is 3. The van der Waals surface area contributed by atoms with Gasteiger partial charge in [0.1, 0.15) is 24.7 Å². The van der Waals surface area contributed by atoms with Crippen molar-refractivity contribution in [2.45, 2.75) is 6.61 Å². The van der Waals surface area contributed by atoms with Gasteiger partial charge in [-0.3, -0.25) is 19.7 Å². The summed E-state index contributed by atoms with van der Waals surface area (Å²) in [5.41, 5.74) is 0.986. The molecular formula is C26H20BrFN4O7. The molecule has 0 atom stereocenters. The molecule has 0 unspecified atom stereocenters. The summed E-state index contributed by atoms with van der Waals surface area (Å²) in [6.07, 6.45) is 1.41. The highest BCUT2D eigenvalue weighted by atomic mass is 79.9. The second-order valence-corrected chi connectivity index (χ2v) is 9.01. The Morgan fingerprint density at radius 2 is 1.90 bits per heavy atom. The number of carbonyl (C=O) groups is 3. The summed E-state index contributed by atoms with van der Waals surface area (Å²) in [7, 11) is 1.43. The number of nitrogens with zero attached hydrogens (tertiary/aromatic N) is 2. The summed E-state index contributed by atoms with van der Waals surface area (Å²) in [5, 5.41) is 15.6. The van der Waals surface area contributed by atoms with Gasteiger partial charge in [-0.05, 0) is 69.5 Å². The number of hydrogen-bond donors (Lipinski definition) is 2. The zero-order chi connectivity index (χ0) is 28.1. The second-order valence-electron chi connectivity index (χ2n) is 8.15. The summed E-state index contributed by atoms with van der Waals surface area (Å²) in [6.45, 7) is -0.509. The van der Waals surface area contributed by atoms with E-state index in [2.05, 4.69) is 26.6 Å². The van der Waals surface area contributed by atoms with E-state index in [1.54, 1.807) is 24.3 Å². The molecule has 1 aliphatic rings. The van der Waals surface area contributed by atoms with Crippen LogP contribution in [0.3, 0.4) is 0 Å². The first-order chi connectivity index (χ1) is 18.7. The minimum atomic E-state index is -0.802. The third-order valence-corrected chi connectivity index (χ3v) is 6.09. The highest BCUT2D eigenvalue weighted by Crippen LogP contribution is 2.38. The minimum Gasteiger partial charge on any atom is -0.493 e. The Bertz CT molecular complexity index is 1490.